The van der Waals surface area contributed by atoms with Gasteiger partial charge in [-0.2, -0.15) is 18.3 Å². The summed E-state index contributed by atoms with van der Waals surface area (Å²) in [4.78, 5) is 29.6. The van der Waals surface area contributed by atoms with Crippen molar-refractivity contribution in [3.05, 3.63) is 75.7 Å². The van der Waals surface area contributed by atoms with Crippen molar-refractivity contribution in [3.63, 3.8) is 0 Å². The molecule has 2 N–H and O–H groups in total. The van der Waals surface area contributed by atoms with Gasteiger partial charge in [-0.15, -0.1) is 0 Å². The number of amides is 1. The molecule has 0 saturated heterocycles. The van der Waals surface area contributed by atoms with Gasteiger partial charge in [0, 0.05) is 10.7 Å². The molecule has 2 heterocycles. The normalized spacial score (nSPS) is 11.6. The first kappa shape index (κ1) is 21.9. The van der Waals surface area contributed by atoms with Crippen molar-refractivity contribution in [1.29, 1.82) is 0 Å². The van der Waals surface area contributed by atoms with Crippen LogP contribution in [0.15, 0.2) is 64.7 Å². The molecule has 4 aromatic rings. The van der Waals surface area contributed by atoms with E-state index in [1.165, 1.54) is 18.3 Å². The molecule has 0 spiro atoms. The lowest BCUT2D eigenvalue weighted by Gasteiger charge is -2.14. The molecule has 164 valence electrons. The van der Waals surface area contributed by atoms with E-state index in [0.29, 0.717) is 10.7 Å². The first-order valence-electron chi connectivity index (χ1n) is 9.04. The number of H-pyrrole nitrogens is 1. The molecule has 0 saturated carbocycles. The lowest BCUT2D eigenvalue weighted by Crippen LogP contribution is -2.23. The lowest BCUT2D eigenvalue weighted by atomic mass is 10.2. The van der Waals surface area contributed by atoms with Gasteiger partial charge in [-0.1, -0.05) is 29.4 Å². The van der Waals surface area contributed by atoms with Crippen molar-refractivity contribution in [2.75, 3.05) is 11.1 Å². The number of nitrogens with one attached hydrogen (secondary N) is 2. The van der Waals surface area contributed by atoms with Gasteiger partial charge in [0.2, 0.25) is 5.91 Å². The molecule has 1 amide bonds. The van der Waals surface area contributed by atoms with Crippen LogP contribution >= 0.6 is 23.4 Å². The summed E-state index contributed by atoms with van der Waals surface area (Å²) < 4.78 is 40.6. The molecule has 0 atom stereocenters. The third-order valence-corrected chi connectivity index (χ3v) is 5.53. The summed E-state index contributed by atoms with van der Waals surface area (Å²) in [5.74, 6) is -0.542. The van der Waals surface area contributed by atoms with Gasteiger partial charge in [-0.25, -0.2) is 4.98 Å². The molecule has 12 heteroatoms. The summed E-state index contributed by atoms with van der Waals surface area (Å²) in [5, 5.41) is 9.67. The van der Waals surface area contributed by atoms with Crippen molar-refractivity contribution < 1.29 is 18.0 Å². The van der Waals surface area contributed by atoms with E-state index in [-0.39, 0.29) is 27.6 Å². The number of anilines is 1. The second-order valence-corrected chi connectivity index (χ2v) is 7.94. The minimum Gasteiger partial charge on any atom is -0.325 e. The van der Waals surface area contributed by atoms with Crippen LogP contribution in [0.5, 0.6) is 0 Å². The van der Waals surface area contributed by atoms with Gasteiger partial charge in [0.1, 0.15) is 5.39 Å². The van der Waals surface area contributed by atoms with Crippen LogP contribution < -0.4 is 10.9 Å². The number of nitrogens with zero attached hydrogens (tertiary/aromatic N) is 3. The molecule has 2 aromatic carbocycles. The van der Waals surface area contributed by atoms with Gasteiger partial charge in [0.05, 0.1) is 23.2 Å². The van der Waals surface area contributed by atoms with Crippen molar-refractivity contribution >= 4 is 46.0 Å². The maximum atomic E-state index is 13.2. The fourth-order valence-electron chi connectivity index (χ4n) is 2.88. The second-order valence-electron chi connectivity index (χ2n) is 6.56. The molecule has 0 aliphatic carbocycles. The summed E-state index contributed by atoms with van der Waals surface area (Å²) in [7, 11) is 0. The minimum absolute atomic E-state index is 0.0268. The first-order valence-corrected chi connectivity index (χ1v) is 10.4. The van der Waals surface area contributed by atoms with E-state index in [9.17, 15) is 22.8 Å². The highest BCUT2D eigenvalue weighted by atomic mass is 35.5. The Morgan fingerprint density at radius 3 is 2.66 bits per heavy atom. The monoisotopic (exact) mass is 479 g/mol. The summed E-state index contributed by atoms with van der Waals surface area (Å²) in [6, 6.07) is 10.8. The molecule has 0 unspecified atom stereocenters. The van der Waals surface area contributed by atoms with E-state index in [4.69, 9.17) is 11.6 Å². The number of carbonyl (C=O) groups excluding carboxylic acids is 1. The lowest BCUT2D eigenvalue weighted by molar-refractivity contribution is -0.137. The number of carbonyl (C=O) groups is 1. The highest BCUT2D eigenvalue weighted by Crippen LogP contribution is 2.31. The predicted molar refractivity (Wildman–Crippen MR) is 115 cm³/mol. The van der Waals surface area contributed by atoms with Gasteiger partial charge < -0.3 is 5.32 Å². The summed E-state index contributed by atoms with van der Waals surface area (Å²) in [5.41, 5.74) is -0.860. The number of aromatic nitrogens is 4. The number of rotatable bonds is 5. The number of thioether (sulfide) groups is 1. The Bertz CT molecular complexity index is 1350. The Balaban J connectivity index is 1.67. The second kappa shape index (κ2) is 8.67. The van der Waals surface area contributed by atoms with Crippen molar-refractivity contribution in [3.8, 4) is 5.69 Å². The fourth-order valence-corrected chi connectivity index (χ4v) is 3.81. The number of alkyl halides is 3. The maximum absolute atomic E-state index is 13.2. The van der Waals surface area contributed by atoms with Crippen LogP contribution in [-0.2, 0) is 11.0 Å². The molecular weight excluding hydrogens is 467 g/mol. The van der Waals surface area contributed by atoms with Crippen LogP contribution in [0.4, 0.5) is 18.9 Å². The van der Waals surface area contributed by atoms with E-state index >= 15 is 0 Å². The quantitative estimate of drug-likeness (QED) is 0.324. The van der Waals surface area contributed by atoms with Crippen LogP contribution in [0.3, 0.4) is 0 Å². The number of fused-ring (bicyclic) bond motifs is 1. The summed E-state index contributed by atoms with van der Waals surface area (Å²) in [6.45, 7) is 0. The van der Waals surface area contributed by atoms with Gasteiger partial charge >= 0.3 is 6.18 Å². The van der Waals surface area contributed by atoms with Crippen LogP contribution in [0.2, 0.25) is 5.02 Å². The number of benzene rings is 2. The SMILES string of the molecule is O=C(CSc1nc2[nH]ncc2c(=O)n1-c1cccc(C(F)(F)F)c1)Nc1ccc(Cl)cc1. The molecule has 0 aliphatic heterocycles. The van der Waals surface area contributed by atoms with Crippen LogP contribution in [0, 0.1) is 0 Å². The average Bonchev–Trinajstić information content (AvgIpc) is 3.22. The Kier molecular flexibility index (Phi) is 5.94. The number of hydrogen-bond acceptors (Lipinski definition) is 5. The van der Waals surface area contributed by atoms with E-state index in [1.54, 1.807) is 24.3 Å². The van der Waals surface area contributed by atoms with E-state index in [1.807, 2.05) is 0 Å². The van der Waals surface area contributed by atoms with Crippen molar-refractivity contribution in [2.24, 2.45) is 0 Å². The van der Waals surface area contributed by atoms with Gasteiger partial charge in [-0.3, -0.25) is 19.3 Å². The zero-order valence-corrected chi connectivity index (χ0v) is 17.6. The summed E-state index contributed by atoms with van der Waals surface area (Å²) in [6.07, 6.45) is -3.34. The Morgan fingerprint density at radius 1 is 1.19 bits per heavy atom. The van der Waals surface area contributed by atoms with Crippen molar-refractivity contribution in [2.45, 2.75) is 11.3 Å². The predicted octanol–water partition coefficient (Wildman–Crippen LogP) is 4.51. The largest absolute Gasteiger partial charge is 0.416 e. The molecule has 0 radical (unpaired) electrons. The third kappa shape index (κ3) is 4.63. The average molecular weight is 480 g/mol. The minimum atomic E-state index is -4.58. The maximum Gasteiger partial charge on any atom is 0.416 e. The van der Waals surface area contributed by atoms with E-state index in [0.717, 1.165) is 28.5 Å². The molecule has 32 heavy (non-hydrogen) atoms. The molecule has 7 nitrogen and oxygen atoms in total. The standard InChI is InChI=1S/C20H13ClF3N5O2S/c21-12-4-6-13(7-5-12)26-16(30)10-32-19-27-17-15(9-25-28-17)18(31)29(19)14-3-1-2-11(8-14)20(22,23)24/h1-9H,10H2,(H,25,28)(H,26,30). The Morgan fingerprint density at radius 2 is 1.94 bits per heavy atom. The topological polar surface area (TPSA) is 92.7 Å². The molecule has 4 rings (SSSR count). The number of hydrogen-bond donors (Lipinski definition) is 2. The molecule has 0 aliphatic rings. The Hall–Kier alpha value is -3.31. The molecule has 0 fully saturated rings. The molecule has 2 aromatic heterocycles. The van der Waals surface area contributed by atoms with Gasteiger partial charge in [-0.05, 0) is 42.5 Å². The summed E-state index contributed by atoms with van der Waals surface area (Å²) >= 11 is 6.72. The van der Waals surface area contributed by atoms with E-state index < -0.39 is 23.2 Å². The Labute approximate surface area is 187 Å². The number of halogens is 4. The van der Waals surface area contributed by atoms with Crippen LogP contribution in [0.1, 0.15) is 5.56 Å². The highest BCUT2D eigenvalue weighted by molar-refractivity contribution is 7.99. The highest BCUT2D eigenvalue weighted by Gasteiger charge is 2.31. The first-order chi connectivity index (χ1) is 15.2. The zero-order chi connectivity index (χ0) is 22.9. The van der Waals surface area contributed by atoms with Gasteiger partial charge in [0.15, 0.2) is 10.8 Å². The third-order valence-electron chi connectivity index (χ3n) is 4.34. The molecule has 0 bridgehead atoms. The zero-order valence-electron chi connectivity index (χ0n) is 16.0. The van der Waals surface area contributed by atoms with E-state index in [2.05, 4.69) is 20.5 Å². The van der Waals surface area contributed by atoms with Crippen molar-refractivity contribution in [1.82, 2.24) is 19.7 Å². The number of aromatic amines is 1. The van der Waals surface area contributed by atoms with Crippen LogP contribution in [0.25, 0.3) is 16.7 Å². The molecular formula is C20H13ClF3N5O2S. The fraction of sp³-hybridized carbons (Fsp3) is 0.100. The van der Waals surface area contributed by atoms with Crippen LogP contribution in [-0.4, -0.2) is 31.4 Å². The van der Waals surface area contributed by atoms with Gasteiger partial charge in [0.25, 0.3) is 5.56 Å². The smallest absolute Gasteiger partial charge is 0.325 e.